The van der Waals surface area contributed by atoms with Gasteiger partial charge in [-0.05, 0) is 18.6 Å². The van der Waals surface area contributed by atoms with Crippen molar-refractivity contribution < 1.29 is 9.47 Å². The minimum atomic E-state index is 0.551. The van der Waals surface area contributed by atoms with Gasteiger partial charge in [-0.25, -0.2) is 0 Å². The van der Waals surface area contributed by atoms with Crippen molar-refractivity contribution in [2.24, 2.45) is 4.99 Å². The van der Waals surface area contributed by atoms with Crippen molar-refractivity contribution in [2.75, 3.05) is 41.5 Å². The van der Waals surface area contributed by atoms with Crippen LogP contribution >= 0.6 is 0 Å². The molecule has 0 aliphatic heterocycles. The Labute approximate surface area is 121 Å². The molecular formula is C15H25N3O2. The first-order valence-corrected chi connectivity index (χ1v) is 6.67. The van der Waals surface area contributed by atoms with Crippen molar-refractivity contribution in [1.29, 1.82) is 0 Å². The summed E-state index contributed by atoms with van der Waals surface area (Å²) in [5, 5.41) is 3.30. The Balaban J connectivity index is 2.73. The van der Waals surface area contributed by atoms with Gasteiger partial charge < -0.3 is 19.7 Å². The fourth-order valence-corrected chi connectivity index (χ4v) is 1.79. The number of rotatable bonds is 6. The molecule has 0 saturated heterocycles. The molecule has 0 radical (unpaired) electrons. The SMILES string of the molecule is CN=C(NCc1ccc(C)cc1OCCOC)N(C)C. The molecule has 0 atom stereocenters. The molecule has 0 saturated carbocycles. The van der Waals surface area contributed by atoms with Crippen LogP contribution in [0.5, 0.6) is 5.75 Å². The number of aliphatic imine (C=N–C) groups is 1. The smallest absolute Gasteiger partial charge is 0.193 e. The number of methoxy groups -OCH3 is 1. The molecule has 0 bridgehead atoms. The zero-order valence-electron chi connectivity index (χ0n) is 13.1. The highest BCUT2D eigenvalue weighted by Gasteiger charge is 2.06. The van der Waals surface area contributed by atoms with Crippen molar-refractivity contribution in [3.8, 4) is 5.75 Å². The molecule has 1 N–H and O–H groups in total. The number of hydrogen-bond acceptors (Lipinski definition) is 3. The van der Waals surface area contributed by atoms with Gasteiger partial charge in [-0.3, -0.25) is 4.99 Å². The highest BCUT2D eigenvalue weighted by Crippen LogP contribution is 2.20. The first-order valence-electron chi connectivity index (χ1n) is 6.67. The number of nitrogens with one attached hydrogen (secondary N) is 1. The second-order valence-corrected chi connectivity index (χ2v) is 4.75. The standard InChI is InChI=1S/C15H25N3O2/c1-12-6-7-13(11-17-15(16-2)18(3)4)14(10-12)20-9-8-19-5/h6-7,10H,8-9,11H2,1-5H3,(H,16,17). The van der Waals surface area contributed by atoms with Crippen molar-refractivity contribution in [3.05, 3.63) is 29.3 Å². The van der Waals surface area contributed by atoms with Crippen LogP contribution in [0.3, 0.4) is 0 Å². The van der Waals surface area contributed by atoms with Crippen LogP contribution in [0.25, 0.3) is 0 Å². The van der Waals surface area contributed by atoms with E-state index in [1.54, 1.807) is 14.2 Å². The van der Waals surface area contributed by atoms with Gasteiger partial charge in [-0.1, -0.05) is 12.1 Å². The van der Waals surface area contributed by atoms with Gasteiger partial charge in [-0.2, -0.15) is 0 Å². The highest BCUT2D eigenvalue weighted by atomic mass is 16.5. The predicted octanol–water partition coefficient (Wildman–Crippen LogP) is 1.66. The van der Waals surface area contributed by atoms with Gasteiger partial charge >= 0.3 is 0 Å². The Morgan fingerprint density at radius 3 is 2.65 bits per heavy atom. The first-order chi connectivity index (χ1) is 9.58. The molecule has 1 rings (SSSR count). The lowest BCUT2D eigenvalue weighted by Gasteiger charge is -2.18. The highest BCUT2D eigenvalue weighted by molar-refractivity contribution is 5.79. The van der Waals surface area contributed by atoms with Gasteiger partial charge in [0.2, 0.25) is 0 Å². The summed E-state index contributed by atoms with van der Waals surface area (Å²) in [6.07, 6.45) is 0. The quantitative estimate of drug-likeness (QED) is 0.489. The average molecular weight is 279 g/mol. The molecule has 0 fully saturated rings. The van der Waals surface area contributed by atoms with E-state index in [4.69, 9.17) is 9.47 Å². The van der Waals surface area contributed by atoms with E-state index in [2.05, 4.69) is 29.4 Å². The van der Waals surface area contributed by atoms with Crippen LogP contribution in [0.15, 0.2) is 23.2 Å². The van der Waals surface area contributed by atoms with Crippen LogP contribution in [-0.4, -0.2) is 52.3 Å². The molecule has 0 amide bonds. The fraction of sp³-hybridized carbons (Fsp3) is 0.533. The monoisotopic (exact) mass is 279 g/mol. The summed E-state index contributed by atoms with van der Waals surface area (Å²) in [5.41, 5.74) is 2.29. The summed E-state index contributed by atoms with van der Waals surface area (Å²) in [7, 11) is 7.36. The summed E-state index contributed by atoms with van der Waals surface area (Å²) >= 11 is 0. The van der Waals surface area contributed by atoms with Crippen LogP contribution < -0.4 is 10.1 Å². The minimum absolute atomic E-state index is 0.551. The van der Waals surface area contributed by atoms with Crippen LogP contribution in [-0.2, 0) is 11.3 Å². The summed E-state index contributed by atoms with van der Waals surface area (Å²) in [6.45, 7) is 3.86. The fourth-order valence-electron chi connectivity index (χ4n) is 1.79. The molecule has 0 aliphatic carbocycles. The first kappa shape index (κ1) is 16.3. The molecule has 0 heterocycles. The molecule has 0 aliphatic rings. The Morgan fingerprint density at radius 2 is 2.05 bits per heavy atom. The number of benzene rings is 1. The maximum absolute atomic E-state index is 5.77. The molecule has 5 nitrogen and oxygen atoms in total. The number of hydrogen-bond donors (Lipinski definition) is 1. The third-order valence-corrected chi connectivity index (χ3v) is 2.84. The Bertz CT molecular complexity index is 445. The van der Waals surface area contributed by atoms with E-state index in [1.165, 1.54) is 5.56 Å². The number of nitrogens with zero attached hydrogens (tertiary/aromatic N) is 2. The predicted molar refractivity (Wildman–Crippen MR) is 82.4 cm³/mol. The lowest BCUT2D eigenvalue weighted by atomic mass is 10.1. The van der Waals surface area contributed by atoms with E-state index >= 15 is 0 Å². The van der Waals surface area contributed by atoms with Gasteiger partial charge in [0.1, 0.15) is 12.4 Å². The molecule has 1 aromatic carbocycles. The van der Waals surface area contributed by atoms with E-state index in [9.17, 15) is 0 Å². The van der Waals surface area contributed by atoms with Gasteiger partial charge in [-0.15, -0.1) is 0 Å². The van der Waals surface area contributed by atoms with Gasteiger partial charge in [0.05, 0.1) is 6.61 Å². The lowest BCUT2D eigenvalue weighted by Crippen LogP contribution is -2.35. The lowest BCUT2D eigenvalue weighted by molar-refractivity contribution is 0.145. The maximum Gasteiger partial charge on any atom is 0.193 e. The summed E-state index contributed by atoms with van der Waals surface area (Å²) < 4.78 is 10.8. The Hall–Kier alpha value is -1.75. The number of guanidine groups is 1. The van der Waals surface area contributed by atoms with Crippen molar-refractivity contribution in [2.45, 2.75) is 13.5 Å². The third kappa shape index (κ3) is 5.09. The summed E-state index contributed by atoms with van der Waals surface area (Å²) in [6, 6.07) is 6.21. The van der Waals surface area contributed by atoms with E-state index < -0.39 is 0 Å². The maximum atomic E-state index is 5.77. The minimum Gasteiger partial charge on any atom is -0.491 e. The van der Waals surface area contributed by atoms with E-state index in [1.807, 2.05) is 25.1 Å². The molecule has 0 unspecified atom stereocenters. The number of ether oxygens (including phenoxy) is 2. The van der Waals surface area contributed by atoms with E-state index in [0.717, 1.165) is 17.3 Å². The molecule has 20 heavy (non-hydrogen) atoms. The zero-order valence-corrected chi connectivity index (χ0v) is 13.1. The van der Waals surface area contributed by atoms with Gasteiger partial charge in [0.25, 0.3) is 0 Å². The van der Waals surface area contributed by atoms with Crippen LogP contribution in [0, 0.1) is 6.92 Å². The second-order valence-electron chi connectivity index (χ2n) is 4.75. The molecule has 0 spiro atoms. The van der Waals surface area contributed by atoms with Crippen LogP contribution in [0.2, 0.25) is 0 Å². The summed E-state index contributed by atoms with van der Waals surface area (Å²) in [4.78, 5) is 6.14. The Morgan fingerprint density at radius 1 is 1.30 bits per heavy atom. The van der Waals surface area contributed by atoms with Crippen molar-refractivity contribution in [3.63, 3.8) is 0 Å². The van der Waals surface area contributed by atoms with Gasteiger partial charge in [0.15, 0.2) is 5.96 Å². The van der Waals surface area contributed by atoms with E-state index in [0.29, 0.717) is 19.8 Å². The average Bonchev–Trinajstić information content (AvgIpc) is 2.41. The second kappa shape index (κ2) is 8.43. The van der Waals surface area contributed by atoms with Gasteiger partial charge in [0, 0.05) is 40.4 Å². The summed E-state index contributed by atoms with van der Waals surface area (Å²) in [5.74, 6) is 1.73. The van der Waals surface area contributed by atoms with Crippen molar-refractivity contribution in [1.82, 2.24) is 10.2 Å². The Kier molecular flexibility index (Phi) is 6.87. The van der Waals surface area contributed by atoms with E-state index in [-0.39, 0.29) is 0 Å². The van der Waals surface area contributed by atoms with Crippen molar-refractivity contribution >= 4 is 5.96 Å². The molecule has 0 aromatic heterocycles. The molecule has 112 valence electrons. The van der Waals surface area contributed by atoms with Crippen LogP contribution in [0.1, 0.15) is 11.1 Å². The molecular weight excluding hydrogens is 254 g/mol. The topological polar surface area (TPSA) is 46.1 Å². The number of aryl methyl sites for hydroxylation is 1. The molecule has 5 heteroatoms. The third-order valence-electron chi connectivity index (χ3n) is 2.84. The van der Waals surface area contributed by atoms with Crippen LogP contribution in [0.4, 0.5) is 0 Å². The zero-order chi connectivity index (χ0) is 15.0. The molecule has 1 aromatic rings. The largest absolute Gasteiger partial charge is 0.491 e. The normalized spacial score (nSPS) is 11.3.